The standard InChI is InChI=1S/C10H12N2/c1-4-9-7(2)6-12-10(5-11)8(9)3/h6H,4H2,1-3H3. The number of aromatic nitrogens is 1. The Bertz CT molecular complexity index is 334. The highest BCUT2D eigenvalue weighted by Gasteiger charge is 2.05. The highest BCUT2D eigenvalue weighted by Crippen LogP contribution is 2.15. The maximum atomic E-state index is 8.72. The molecule has 0 radical (unpaired) electrons. The zero-order valence-corrected chi connectivity index (χ0v) is 7.68. The average molecular weight is 160 g/mol. The third-order valence-electron chi connectivity index (χ3n) is 2.13. The van der Waals surface area contributed by atoms with Gasteiger partial charge in [0.05, 0.1) is 0 Å². The van der Waals surface area contributed by atoms with Gasteiger partial charge in [0.1, 0.15) is 11.8 Å². The van der Waals surface area contributed by atoms with Gasteiger partial charge < -0.3 is 0 Å². The molecule has 0 atom stereocenters. The number of hydrogen-bond acceptors (Lipinski definition) is 2. The molecule has 0 spiro atoms. The van der Waals surface area contributed by atoms with E-state index in [0.717, 1.165) is 12.0 Å². The molecular weight excluding hydrogens is 148 g/mol. The minimum Gasteiger partial charge on any atom is -0.245 e. The minimum absolute atomic E-state index is 0.553. The molecule has 2 heteroatoms. The monoisotopic (exact) mass is 160 g/mol. The molecule has 0 aliphatic rings. The molecule has 12 heavy (non-hydrogen) atoms. The maximum Gasteiger partial charge on any atom is 0.143 e. The molecule has 0 aliphatic heterocycles. The molecule has 0 bridgehead atoms. The lowest BCUT2D eigenvalue weighted by Gasteiger charge is -2.06. The second-order valence-electron chi connectivity index (χ2n) is 2.86. The molecule has 0 saturated heterocycles. The van der Waals surface area contributed by atoms with Crippen molar-refractivity contribution in [3.63, 3.8) is 0 Å². The van der Waals surface area contributed by atoms with E-state index in [2.05, 4.69) is 18.0 Å². The highest BCUT2D eigenvalue weighted by molar-refractivity contribution is 5.40. The lowest BCUT2D eigenvalue weighted by molar-refractivity contribution is 1.04. The fourth-order valence-electron chi connectivity index (χ4n) is 1.43. The number of rotatable bonds is 1. The number of nitriles is 1. The summed E-state index contributed by atoms with van der Waals surface area (Å²) in [6.07, 6.45) is 2.74. The van der Waals surface area contributed by atoms with Crippen molar-refractivity contribution >= 4 is 0 Å². The highest BCUT2D eigenvalue weighted by atomic mass is 14.7. The maximum absolute atomic E-state index is 8.72. The Morgan fingerprint density at radius 2 is 2.17 bits per heavy atom. The van der Waals surface area contributed by atoms with E-state index in [4.69, 9.17) is 5.26 Å². The molecule has 2 nitrogen and oxygen atoms in total. The van der Waals surface area contributed by atoms with Crippen LogP contribution in [0, 0.1) is 25.2 Å². The summed E-state index contributed by atoms with van der Waals surface area (Å²) in [6, 6.07) is 2.09. The lowest BCUT2D eigenvalue weighted by Crippen LogP contribution is -1.97. The number of nitrogens with zero attached hydrogens (tertiary/aromatic N) is 2. The van der Waals surface area contributed by atoms with Crippen LogP contribution in [0.1, 0.15) is 29.3 Å². The van der Waals surface area contributed by atoms with E-state index in [1.165, 1.54) is 11.1 Å². The molecule has 0 aliphatic carbocycles. The first kappa shape index (κ1) is 8.73. The average Bonchev–Trinajstić information content (AvgIpc) is 2.06. The van der Waals surface area contributed by atoms with E-state index in [9.17, 15) is 0 Å². The van der Waals surface area contributed by atoms with Crippen LogP contribution >= 0.6 is 0 Å². The third kappa shape index (κ3) is 1.31. The molecule has 0 N–H and O–H groups in total. The summed E-state index contributed by atoms with van der Waals surface area (Å²) in [4.78, 5) is 4.04. The summed E-state index contributed by atoms with van der Waals surface area (Å²) < 4.78 is 0. The summed E-state index contributed by atoms with van der Waals surface area (Å²) in [5.41, 5.74) is 4.01. The molecule has 0 amide bonds. The molecular formula is C10H12N2. The first-order valence-corrected chi connectivity index (χ1v) is 4.05. The molecule has 1 heterocycles. The fraction of sp³-hybridized carbons (Fsp3) is 0.400. The van der Waals surface area contributed by atoms with Crippen LogP contribution in [0.4, 0.5) is 0 Å². The minimum atomic E-state index is 0.553. The normalized spacial score (nSPS) is 9.50. The quantitative estimate of drug-likeness (QED) is 0.631. The molecule has 0 unspecified atom stereocenters. The van der Waals surface area contributed by atoms with Crippen LogP contribution in [0.25, 0.3) is 0 Å². The third-order valence-corrected chi connectivity index (χ3v) is 2.13. The molecule has 1 aromatic rings. The van der Waals surface area contributed by atoms with Crippen molar-refractivity contribution in [2.75, 3.05) is 0 Å². The van der Waals surface area contributed by atoms with Crippen LogP contribution in [-0.4, -0.2) is 4.98 Å². The van der Waals surface area contributed by atoms with Crippen LogP contribution < -0.4 is 0 Å². The van der Waals surface area contributed by atoms with Gasteiger partial charge in [-0.1, -0.05) is 6.92 Å². The lowest BCUT2D eigenvalue weighted by atomic mass is 10.0. The summed E-state index contributed by atoms with van der Waals surface area (Å²) in [5, 5.41) is 8.72. The summed E-state index contributed by atoms with van der Waals surface area (Å²) in [6.45, 7) is 6.08. The molecule has 1 aromatic heterocycles. The van der Waals surface area contributed by atoms with Gasteiger partial charge in [0.25, 0.3) is 0 Å². The summed E-state index contributed by atoms with van der Waals surface area (Å²) in [5.74, 6) is 0. The Kier molecular flexibility index (Phi) is 2.44. The Hall–Kier alpha value is -1.36. The largest absolute Gasteiger partial charge is 0.245 e. The van der Waals surface area contributed by atoms with Crippen molar-refractivity contribution in [1.82, 2.24) is 4.98 Å². The second kappa shape index (κ2) is 3.36. The van der Waals surface area contributed by atoms with Gasteiger partial charge in [-0.3, -0.25) is 0 Å². The van der Waals surface area contributed by atoms with Crippen molar-refractivity contribution in [3.8, 4) is 6.07 Å². The molecule has 62 valence electrons. The number of hydrogen-bond donors (Lipinski definition) is 0. The van der Waals surface area contributed by atoms with Crippen molar-refractivity contribution in [3.05, 3.63) is 28.6 Å². The number of pyridine rings is 1. The van der Waals surface area contributed by atoms with E-state index in [0.29, 0.717) is 5.69 Å². The van der Waals surface area contributed by atoms with E-state index in [1.807, 2.05) is 13.8 Å². The zero-order chi connectivity index (χ0) is 9.14. The Balaban J connectivity index is 3.36. The van der Waals surface area contributed by atoms with Gasteiger partial charge in [0.15, 0.2) is 0 Å². The predicted molar refractivity (Wildman–Crippen MR) is 47.8 cm³/mol. The van der Waals surface area contributed by atoms with Gasteiger partial charge in [-0.25, -0.2) is 4.98 Å². The van der Waals surface area contributed by atoms with Crippen LogP contribution in [0.2, 0.25) is 0 Å². The molecule has 1 rings (SSSR count). The van der Waals surface area contributed by atoms with Crippen LogP contribution in [0.5, 0.6) is 0 Å². The number of aryl methyl sites for hydroxylation is 1. The van der Waals surface area contributed by atoms with Gasteiger partial charge in [-0.2, -0.15) is 5.26 Å². The van der Waals surface area contributed by atoms with Gasteiger partial charge in [-0.15, -0.1) is 0 Å². The van der Waals surface area contributed by atoms with Crippen molar-refractivity contribution in [1.29, 1.82) is 5.26 Å². The molecule has 0 saturated carbocycles. The van der Waals surface area contributed by atoms with Gasteiger partial charge in [0, 0.05) is 6.20 Å². The SMILES string of the molecule is CCc1c(C)cnc(C#N)c1C. The topological polar surface area (TPSA) is 36.7 Å². The Morgan fingerprint density at radius 3 is 2.67 bits per heavy atom. The van der Waals surface area contributed by atoms with Crippen LogP contribution in [0.15, 0.2) is 6.20 Å². The fourth-order valence-corrected chi connectivity index (χ4v) is 1.43. The van der Waals surface area contributed by atoms with Gasteiger partial charge in [-0.05, 0) is 37.0 Å². The zero-order valence-electron chi connectivity index (χ0n) is 7.68. The second-order valence-corrected chi connectivity index (χ2v) is 2.86. The Labute approximate surface area is 72.9 Å². The van der Waals surface area contributed by atoms with E-state index in [-0.39, 0.29) is 0 Å². The van der Waals surface area contributed by atoms with Crippen LogP contribution in [0.3, 0.4) is 0 Å². The van der Waals surface area contributed by atoms with Crippen molar-refractivity contribution < 1.29 is 0 Å². The Morgan fingerprint density at radius 1 is 1.50 bits per heavy atom. The van der Waals surface area contributed by atoms with E-state index in [1.54, 1.807) is 6.20 Å². The van der Waals surface area contributed by atoms with Gasteiger partial charge >= 0.3 is 0 Å². The summed E-state index contributed by atoms with van der Waals surface area (Å²) >= 11 is 0. The predicted octanol–water partition coefficient (Wildman–Crippen LogP) is 2.13. The first-order chi connectivity index (χ1) is 5.70. The molecule has 0 fully saturated rings. The first-order valence-electron chi connectivity index (χ1n) is 4.05. The van der Waals surface area contributed by atoms with Crippen molar-refractivity contribution in [2.45, 2.75) is 27.2 Å². The van der Waals surface area contributed by atoms with Gasteiger partial charge in [0.2, 0.25) is 0 Å². The summed E-state index contributed by atoms with van der Waals surface area (Å²) in [7, 11) is 0. The van der Waals surface area contributed by atoms with E-state index < -0.39 is 0 Å². The van der Waals surface area contributed by atoms with E-state index >= 15 is 0 Å². The van der Waals surface area contributed by atoms with Crippen molar-refractivity contribution in [2.24, 2.45) is 0 Å². The van der Waals surface area contributed by atoms with Crippen LogP contribution in [-0.2, 0) is 6.42 Å². The smallest absolute Gasteiger partial charge is 0.143 e. The molecule has 0 aromatic carbocycles.